The summed E-state index contributed by atoms with van der Waals surface area (Å²) in [5.74, 6) is 0. The van der Waals surface area contributed by atoms with E-state index in [0.717, 1.165) is 11.8 Å². The van der Waals surface area contributed by atoms with Crippen molar-refractivity contribution < 1.29 is 13.3 Å². The number of anilines is 1. The van der Waals surface area contributed by atoms with Crippen molar-refractivity contribution in [3.05, 3.63) is 33.9 Å². The van der Waals surface area contributed by atoms with Crippen molar-refractivity contribution in [2.75, 3.05) is 18.1 Å². The Morgan fingerprint density at radius 3 is 2.45 bits per heavy atom. The van der Waals surface area contributed by atoms with Gasteiger partial charge >= 0.3 is 0 Å². The highest BCUT2D eigenvalue weighted by molar-refractivity contribution is 7.88. The molecule has 0 amide bonds. The van der Waals surface area contributed by atoms with E-state index >= 15 is 0 Å². The molecule has 7 nitrogen and oxygen atoms in total. The molecule has 0 aliphatic rings. The smallest absolute Gasteiger partial charge is 0.271 e. The Morgan fingerprint density at radius 1 is 1.35 bits per heavy atom. The van der Waals surface area contributed by atoms with Crippen molar-refractivity contribution in [1.82, 2.24) is 4.72 Å². The monoisotopic (exact) mass is 301 g/mol. The fraction of sp³-hybridized carbons (Fsp3) is 0.500. The number of nitro benzene ring substituents is 1. The van der Waals surface area contributed by atoms with Gasteiger partial charge in [0.05, 0.1) is 11.2 Å². The van der Waals surface area contributed by atoms with E-state index in [-0.39, 0.29) is 5.69 Å². The highest BCUT2D eigenvalue weighted by atomic mass is 32.2. The zero-order chi connectivity index (χ0) is 15.6. The van der Waals surface area contributed by atoms with E-state index in [1.165, 1.54) is 12.1 Å². The molecule has 1 aromatic rings. The first kappa shape index (κ1) is 16.4. The molecule has 0 aliphatic heterocycles. The topological polar surface area (TPSA) is 101 Å². The van der Waals surface area contributed by atoms with Gasteiger partial charge in [-0.1, -0.05) is 6.07 Å². The molecule has 8 heteroatoms. The van der Waals surface area contributed by atoms with Crippen molar-refractivity contribution in [3.63, 3.8) is 0 Å². The Morgan fingerprint density at radius 2 is 1.95 bits per heavy atom. The lowest BCUT2D eigenvalue weighted by atomic mass is 10.1. The summed E-state index contributed by atoms with van der Waals surface area (Å²) < 4.78 is 25.0. The molecule has 0 atom stereocenters. The number of nitrogens with one attached hydrogen (secondary N) is 2. The summed E-state index contributed by atoms with van der Waals surface area (Å²) in [6, 6.07) is 4.52. The minimum atomic E-state index is -3.32. The second-order valence-electron chi connectivity index (χ2n) is 5.37. The molecule has 0 saturated heterocycles. The Kier molecular flexibility index (Phi) is 4.72. The summed E-state index contributed by atoms with van der Waals surface area (Å²) in [5.41, 5.74) is 0.755. The van der Waals surface area contributed by atoms with Crippen LogP contribution in [0.1, 0.15) is 19.4 Å². The van der Waals surface area contributed by atoms with Crippen LogP contribution in [-0.4, -0.2) is 31.7 Å². The Bertz CT molecular complexity index is 611. The van der Waals surface area contributed by atoms with Gasteiger partial charge in [-0.3, -0.25) is 10.1 Å². The maximum atomic E-state index is 11.2. The molecule has 0 unspecified atom stereocenters. The molecule has 0 bridgehead atoms. The van der Waals surface area contributed by atoms with Crippen molar-refractivity contribution in [2.24, 2.45) is 0 Å². The summed E-state index contributed by atoms with van der Waals surface area (Å²) in [7, 11) is -3.32. The van der Waals surface area contributed by atoms with Crippen LogP contribution in [0.15, 0.2) is 18.2 Å². The van der Waals surface area contributed by atoms with Gasteiger partial charge in [-0.15, -0.1) is 0 Å². The summed E-state index contributed by atoms with van der Waals surface area (Å²) in [4.78, 5) is 10.3. The lowest BCUT2D eigenvalue weighted by Gasteiger charge is -2.26. The van der Waals surface area contributed by atoms with Gasteiger partial charge in [0.15, 0.2) is 0 Å². The van der Waals surface area contributed by atoms with E-state index in [9.17, 15) is 18.5 Å². The minimum Gasteiger partial charge on any atom is -0.383 e. The Hall–Kier alpha value is -1.67. The lowest BCUT2D eigenvalue weighted by molar-refractivity contribution is -0.384. The van der Waals surface area contributed by atoms with E-state index in [4.69, 9.17) is 0 Å². The average molecular weight is 301 g/mol. The maximum Gasteiger partial charge on any atom is 0.271 e. The predicted molar refractivity (Wildman–Crippen MR) is 78.4 cm³/mol. The van der Waals surface area contributed by atoms with Crippen LogP contribution in [0.2, 0.25) is 0 Å². The molecule has 2 N–H and O–H groups in total. The normalized spacial score (nSPS) is 12.2. The molecular formula is C12H19N3O4S. The molecule has 0 fully saturated rings. The number of benzene rings is 1. The average Bonchev–Trinajstić information content (AvgIpc) is 2.24. The number of non-ortho nitro benzene ring substituents is 1. The highest BCUT2D eigenvalue weighted by Crippen LogP contribution is 2.22. The van der Waals surface area contributed by atoms with Crippen molar-refractivity contribution in [3.8, 4) is 0 Å². The van der Waals surface area contributed by atoms with Crippen LogP contribution >= 0.6 is 0 Å². The second kappa shape index (κ2) is 5.76. The molecule has 20 heavy (non-hydrogen) atoms. The number of hydrogen-bond donors (Lipinski definition) is 2. The van der Waals surface area contributed by atoms with Crippen LogP contribution in [0.4, 0.5) is 11.4 Å². The summed E-state index contributed by atoms with van der Waals surface area (Å²) in [5, 5.41) is 13.8. The van der Waals surface area contributed by atoms with Gasteiger partial charge in [0.1, 0.15) is 0 Å². The van der Waals surface area contributed by atoms with Crippen LogP contribution in [0.3, 0.4) is 0 Å². The van der Waals surface area contributed by atoms with E-state index in [2.05, 4.69) is 10.0 Å². The predicted octanol–water partition coefficient (Wildman–Crippen LogP) is 1.64. The van der Waals surface area contributed by atoms with Crippen LogP contribution in [0, 0.1) is 17.0 Å². The van der Waals surface area contributed by atoms with Crippen molar-refractivity contribution in [1.29, 1.82) is 0 Å². The fourth-order valence-corrected chi connectivity index (χ4v) is 2.84. The molecule has 112 valence electrons. The SMILES string of the molecule is Cc1ccc([N+](=O)[O-])cc1NCC(C)(C)NS(C)(=O)=O. The maximum absolute atomic E-state index is 11.2. The fourth-order valence-electron chi connectivity index (χ4n) is 1.77. The highest BCUT2D eigenvalue weighted by Gasteiger charge is 2.22. The van der Waals surface area contributed by atoms with Crippen LogP contribution in [0.25, 0.3) is 0 Å². The van der Waals surface area contributed by atoms with Crippen molar-refractivity contribution in [2.45, 2.75) is 26.3 Å². The summed E-state index contributed by atoms with van der Waals surface area (Å²) in [6.07, 6.45) is 1.09. The van der Waals surface area contributed by atoms with Gasteiger partial charge in [0.2, 0.25) is 10.0 Å². The number of sulfonamides is 1. The molecule has 1 aromatic carbocycles. The second-order valence-corrected chi connectivity index (χ2v) is 7.12. The lowest BCUT2D eigenvalue weighted by Crippen LogP contribution is -2.47. The van der Waals surface area contributed by atoms with E-state index in [0.29, 0.717) is 12.2 Å². The third kappa shape index (κ3) is 5.14. The standard InChI is InChI=1S/C12H19N3O4S/c1-9-5-6-10(15(16)17)7-11(9)13-8-12(2,3)14-20(4,18)19/h5-7,13-14H,8H2,1-4H3. The van der Waals surface area contributed by atoms with Gasteiger partial charge in [-0.05, 0) is 26.3 Å². The van der Waals surface area contributed by atoms with E-state index in [1.54, 1.807) is 19.9 Å². The molecule has 0 heterocycles. The summed E-state index contributed by atoms with van der Waals surface area (Å²) >= 11 is 0. The van der Waals surface area contributed by atoms with Gasteiger partial charge in [0, 0.05) is 29.9 Å². The Labute approximate surface area is 118 Å². The summed E-state index contributed by atoms with van der Waals surface area (Å²) in [6.45, 7) is 5.59. The van der Waals surface area contributed by atoms with Gasteiger partial charge in [-0.2, -0.15) is 0 Å². The van der Waals surface area contributed by atoms with E-state index < -0.39 is 20.5 Å². The van der Waals surface area contributed by atoms with Crippen LogP contribution in [0.5, 0.6) is 0 Å². The number of nitrogens with zero attached hydrogens (tertiary/aromatic N) is 1. The quantitative estimate of drug-likeness (QED) is 0.614. The third-order valence-electron chi connectivity index (χ3n) is 2.61. The largest absolute Gasteiger partial charge is 0.383 e. The first-order chi connectivity index (χ1) is 9.00. The molecule has 0 radical (unpaired) electrons. The molecule has 0 saturated carbocycles. The van der Waals surface area contributed by atoms with Crippen LogP contribution < -0.4 is 10.0 Å². The van der Waals surface area contributed by atoms with Crippen LogP contribution in [-0.2, 0) is 10.0 Å². The number of hydrogen-bond acceptors (Lipinski definition) is 5. The van der Waals surface area contributed by atoms with E-state index in [1.807, 2.05) is 6.92 Å². The number of rotatable bonds is 6. The molecular weight excluding hydrogens is 282 g/mol. The zero-order valence-electron chi connectivity index (χ0n) is 11.9. The first-order valence-electron chi connectivity index (χ1n) is 5.98. The molecule has 1 rings (SSSR count). The Balaban J connectivity index is 2.84. The first-order valence-corrected chi connectivity index (χ1v) is 7.87. The molecule has 0 aliphatic carbocycles. The van der Waals surface area contributed by atoms with Gasteiger partial charge < -0.3 is 5.32 Å². The third-order valence-corrected chi connectivity index (χ3v) is 3.54. The molecule has 0 spiro atoms. The minimum absolute atomic E-state index is 0.00743. The van der Waals surface area contributed by atoms with Crippen molar-refractivity contribution >= 4 is 21.4 Å². The number of nitro groups is 1. The zero-order valence-corrected chi connectivity index (χ0v) is 12.7. The van der Waals surface area contributed by atoms with Gasteiger partial charge in [-0.25, -0.2) is 13.1 Å². The number of aryl methyl sites for hydroxylation is 1. The molecule has 0 aromatic heterocycles. The van der Waals surface area contributed by atoms with Gasteiger partial charge in [0.25, 0.3) is 5.69 Å².